The number of carbonyl (C=O) groups excluding carboxylic acids is 3. The fraction of sp³-hybridized carbons (Fsp3) is 0.281. The number of carbonyl (C=O) groups is 3. The number of nitrogens with zero attached hydrogens (tertiary/aromatic N) is 1. The largest absolute Gasteiger partial charge is 0.356 e. The van der Waals surface area contributed by atoms with Crippen LogP contribution in [0.4, 0.5) is 20.2 Å². The Morgan fingerprint density at radius 1 is 0.927 bits per heavy atom. The maximum atomic E-state index is 14.5. The van der Waals surface area contributed by atoms with Crippen LogP contribution in [-0.4, -0.2) is 35.0 Å². The highest BCUT2D eigenvalue weighted by Gasteiger charge is 2.76. The first-order valence-electron chi connectivity index (χ1n) is 13.4. The topological polar surface area (TPSA) is 87.7 Å². The summed E-state index contributed by atoms with van der Waals surface area (Å²) in [5.74, 6) is -5.83. The van der Waals surface area contributed by atoms with Crippen molar-refractivity contribution in [1.29, 1.82) is 0 Å². The molecule has 3 aliphatic heterocycles. The molecule has 7 nitrogen and oxygen atoms in total. The van der Waals surface area contributed by atoms with Gasteiger partial charge in [-0.15, -0.1) is 0 Å². The van der Waals surface area contributed by atoms with Crippen molar-refractivity contribution in [1.82, 2.24) is 5.32 Å². The molecule has 1 spiro atoms. The van der Waals surface area contributed by atoms with Crippen molar-refractivity contribution in [2.75, 3.05) is 10.2 Å². The van der Waals surface area contributed by atoms with Gasteiger partial charge in [0.25, 0.3) is 0 Å². The second kappa shape index (κ2) is 9.62. The standard InChI is InChI=1S/C32H29F2N3O4/c1-18-9-7-14-23(19(18)2)37-27(29(39)35-17-20-10-5-4-6-11-20)32-16-15-31(3,41-32)24(25(32)30(37)40)28(38)36-26-21(33)12-8-13-22(26)34/h4-16,24-25,27H,17H2,1-3H3,(H,35,39)(H,36,38)/t24-,25+,27?,31-,32+/m1/s1. The highest BCUT2D eigenvalue weighted by molar-refractivity contribution is 6.12. The van der Waals surface area contributed by atoms with Gasteiger partial charge >= 0.3 is 0 Å². The van der Waals surface area contributed by atoms with Crippen LogP contribution in [0.1, 0.15) is 23.6 Å². The van der Waals surface area contributed by atoms with Gasteiger partial charge in [0.2, 0.25) is 17.7 Å². The predicted octanol–water partition coefficient (Wildman–Crippen LogP) is 4.58. The minimum atomic E-state index is -1.47. The molecule has 3 heterocycles. The third kappa shape index (κ3) is 4.06. The lowest BCUT2D eigenvalue weighted by Crippen LogP contribution is -2.55. The minimum absolute atomic E-state index is 0.225. The van der Waals surface area contributed by atoms with Crippen molar-refractivity contribution in [2.45, 2.75) is 44.6 Å². The number of hydrogen-bond acceptors (Lipinski definition) is 4. The summed E-state index contributed by atoms with van der Waals surface area (Å²) in [4.78, 5) is 43.5. The number of para-hydroxylation sites is 1. The summed E-state index contributed by atoms with van der Waals surface area (Å²) < 4.78 is 35.4. The fourth-order valence-electron chi connectivity index (χ4n) is 6.49. The summed E-state index contributed by atoms with van der Waals surface area (Å²) in [5, 5.41) is 5.30. The average Bonchev–Trinajstić information content (AvgIpc) is 3.52. The zero-order chi connectivity index (χ0) is 29.1. The summed E-state index contributed by atoms with van der Waals surface area (Å²) in [5.41, 5.74) is -0.223. The highest BCUT2D eigenvalue weighted by Crippen LogP contribution is 2.60. The number of ether oxygens (including phenoxy) is 1. The van der Waals surface area contributed by atoms with Gasteiger partial charge in [0.15, 0.2) is 0 Å². The van der Waals surface area contributed by atoms with Crippen molar-refractivity contribution in [3.8, 4) is 0 Å². The van der Waals surface area contributed by atoms with Gasteiger partial charge in [0, 0.05) is 12.2 Å². The molecule has 5 atom stereocenters. The lowest BCUT2D eigenvalue weighted by Gasteiger charge is -2.33. The van der Waals surface area contributed by atoms with Crippen LogP contribution in [-0.2, 0) is 25.7 Å². The van der Waals surface area contributed by atoms with E-state index in [4.69, 9.17) is 4.74 Å². The normalized spacial score (nSPS) is 27.7. The third-order valence-electron chi connectivity index (χ3n) is 8.58. The molecule has 2 N–H and O–H groups in total. The highest BCUT2D eigenvalue weighted by atomic mass is 19.1. The molecule has 2 fully saturated rings. The summed E-state index contributed by atoms with van der Waals surface area (Å²) >= 11 is 0. The Morgan fingerprint density at radius 2 is 1.61 bits per heavy atom. The molecule has 210 valence electrons. The second-order valence-electron chi connectivity index (χ2n) is 11.0. The quantitative estimate of drug-likeness (QED) is 0.435. The van der Waals surface area contributed by atoms with Crippen LogP contribution < -0.4 is 15.5 Å². The van der Waals surface area contributed by atoms with Gasteiger partial charge in [-0.25, -0.2) is 8.78 Å². The van der Waals surface area contributed by atoms with E-state index in [1.54, 1.807) is 31.2 Å². The lowest BCUT2D eigenvalue weighted by atomic mass is 9.70. The van der Waals surface area contributed by atoms with Crippen molar-refractivity contribution < 1.29 is 27.9 Å². The predicted molar refractivity (Wildman–Crippen MR) is 149 cm³/mol. The van der Waals surface area contributed by atoms with E-state index in [0.29, 0.717) is 5.69 Å². The monoisotopic (exact) mass is 557 g/mol. The summed E-state index contributed by atoms with van der Waals surface area (Å²) in [6.45, 7) is 5.64. The summed E-state index contributed by atoms with van der Waals surface area (Å²) in [6.07, 6.45) is 3.36. The molecular formula is C32H29F2N3O4. The van der Waals surface area contributed by atoms with Crippen LogP contribution in [0.5, 0.6) is 0 Å². The van der Waals surface area contributed by atoms with Gasteiger partial charge in [0.05, 0.1) is 17.4 Å². The second-order valence-corrected chi connectivity index (χ2v) is 11.0. The first kappa shape index (κ1) is 26.8. The Morgan fingerprint density at radius 3 is 2.32 bits per heavy atom. The molecule has 0 aromatic heterocycles. The van der Waals surface area contributed by atoms with Crippen molar-refractivity contribution in [3.05, 3.63) is 107 Å². The number of aryl methyl sites for hydroxylation is 1. The molecule has 3 aromatic rings. The SMILES string of the molecule is Cc1cccc(N2C(=O)[C@@H]3[C@H](C(=O)Nc4c(F)cccc4F)[C@@]4(C)C=C[C@@]3(O4)C2C(=O)NCc2ccccc2)c1C. The number of fused-ring (bicyclic) bond motifs is 1. The average molecular weight is 558 g/mol. The molecule has 0 radical (unpaired) electrons. The molecule has 41 heavy (non-hydrogen) atoms. The molecule has 9 heteroatoms. The van der Waals surface area contributed by atoms with Crippen molar-refractivity contribution in [3.63, 3.8) is 0 Å². The number of benzene rings is 3. The van der Waals surface area contributed by atoms with E-state index < -0.39 is 64.1 Å². The van der Waals surface area contributed by atoms with Gasteiger partial charge in [-0.1, -0.05) is 60.7 Å². The molecule has 6 rings (SSSR count). The molecule has 3 amide bonds. The Bertz CT molecular complexity index is 1590. The third-order valence-corrected chi connectivity index (χ3v) is 8.58. The van der Waals surface area contributed by atoms with Crippen LogP contribution in [0.2, 0.25) is 0 Å². The molecule has 2 saturated heterocycles. The van der Waals surface area contributed by atoms with Crippen LogP contribution in [0.25, 0.3) is 0 Å². The molecule has 3 aromatic carbocycles. The number of hydrogen-bond donors (Lipinski definition) is 2. The van der Waals surface area contributed by atoms with E-state index in [2.05, 4.69) is 10.6 Å². The van der Waals surface area contributed by atoms with Gasteiger partial charge in [-0.05, 0) is 55.7 Å². The van der Waals surface area contributed by atoms with Gasteiger partial charge in [-0.2, -0.15) is 0 Å². The first-order chi connectivity index (χ1) is 19.6. The van der Waals surface area contributed by atoms with E-state index in [0.717, 1.165) is 28.8 Å². The maximum Gasteiger partial charge on any atom is 0.246 e. The Labute approximate surface area is 236 Å². The molecule has 2 bridgehead atoms. The Kier molecular flexibility index (Phi) is 6.30. The number of anilines is 2. The zero-order valence-electron chi connectivity index (χ0n) is 22.8. The zero-order valence-corrected chi connectivity index (χ0v) is 22.8. The van der Waals surface area contributed by atoms with Gasteiger partial charge in [-0.3, -0.25) is 19.3 Å². The number of amides is 3. The smallest absolute Gasteiger partial charge is 0.246 e. The minimum Gasteiger partial charge on any atom is -0.356 e. The van der Waals surface area contributed by atoms with E-state index in [1.807, 2.05) is 50.2 Å². The summed E-state index contributed by atoms with van der Waals surface area (Å²) in [7, 11) is 0. The summed E-state index contributed by atoms with van der Waals surface area (Å²) in [6, 6.07) is 17.0. The van der Waals surface area contributed by atoms with Crippen molar-refractivity contribution >= 4 is 29.1 Å². The number of nitrogens with one attached hydrogen (secondary N) is 2. The molecule has 0 saturated carbocycles. The number of rotatable bonds is 6. The lowest BCUT2D eigenvalue weighted by molar-refractivity contribution is -0.131. The first-order valence-corrected chi connectivity index (χ1v) is 13.4. The fourth-order valence-corrected chi connectivity index (χ4v) is 6.49. The van der Waals surface area contributed by atoms with E-state index >= 15 is 0 Å². The van der Waals surface area contributed by atoms with Gasteiger partial charge < -0.3 is 15.4 Å². The van der Waals surface area contributed by atoms with Crippen LogP contribution in [0.15, 0.2) is 78.9 Å². The maximum absolute atomic E-state index is 14.5. The van der Waals surface area contributed by atoms with E-state index in [9.17, 15) is 23.2 Å². The van der Waals surface area contributed by atoms with E-state index in [1.165, 1.54) is 11.0 Å². The van der Waals surface area contributed by atoms with Crippen LogP contribution >= 0.6 is 0 Å². The van der Waals surface area contributed by atoms with E-state index in [-0.39, 0.29) is 6.54 Å². The van der Waals surface area contributed by atoms with Crippen molar-refractivity contribution in [2.24, 2.45) is 11.8 Å². The molecular weight excluding hydrogens is 528 g/mol. The molecule has 3 aliphatic rings. The van der Waals surface area contributed by atoms with Crippen LogP contribution in [0.3, 0.4) is 0 Å². The molecule has 1 unspecified atom stereocenters. The van der Waals surface area contributed by atoms with Gasteiger partial charge in [0.1, 0.15) is 29.0 Å². The Balaban J connectivity index is 1.42. The number of halogens is 2. The Hall–Kier alpha value is -4.37. The molecule has 0 aliphatic carbocycles. The van der Waals surface area contributed by atoms with Crippen LogP contribution in [0, 0.1) is 37.3 Å².